The number of nitriles is 1. The van der Waals surface area contributed by atoms with Crippen molar-refractivity contribution >= 4 is 11.8 Å². The first-order valence-electron chi connectivity index (χ1n) is 6.31. The number of rotatable bonds is 0. The van der Waals surface area contributed by atoms with Gasteiger partial charge in [-0.15, -0.1) is 0 Å². The first kappa shape index (κ1) is 13.3. The monoisotopic (exact) mass is 259 g/mol. The van der Waals surface area contributed by atoms with Crippen molar-refractivity contribution in [3.8, 4) is 6.07 Å². The highest BCUT2D eigenvalue weighted by atomic mass is 16.6. The number of amides is 1. The van der Waals surface area contributed by atoms with Crippen LogP contribution in [0.15, 0.2) is 12.1 Å². The smallest absolute Gasteiger partial charge is 0.414 e. The Kier molecular flexibility index (Phi) is 3.43. The Hall–Kier alpha value is -2.09. The molecular formula is C14H17N3O2. The van der Waals surface area contributed by atoms with Crippen molar-refractivity contribution in [3.63, 3.8) is 0 Å². The molecule has 2 heterocycles. The molecule has 0 unspecified atom stereocenters. The van der Waals surface area contributed by atoms with Crippen molar-refractivity contribution in [1.29, 1.82) is 5.26 Å². The summed E-state index contributed by atoms with van der Waals surface area (Å²) in [5.74, 6) is 0. The van der Waals surface area contributed by atoms with E-state index in [-0.39, 0.29) is 6.09 Å². The molecule has 1 aliphatic heterocycles. The maximum atomic E-state index is 12.1. The van der Waals surface area contributed by atoms with Crippen molar-refractivity contribution < 1.29 is 9.53 Å². The number of hydrogen-bond acceptors (Lipinski definition) is 4. The maximum absolute atomic E-state index is 12.1. The van der Waals surface area contributed by atoms with Gasteiger partial charge in [0.15, 0.2) is 0 Å². The Morgan fingerprint density at radius 1 is 1.47 bits per heavy atom. The summed E-state index contributed by atoms with van der Waals surface area (Å²) in [6.07, 6.45) is 1.25. The highest BCUT2D eigenvalue weighted by molar-refractivity contribution is 5.89. The molecule has 0 spiro atoms. The van der Waals surface area contributed by atoms with Crippen LogP contribution in [0.4, 0.5) is 10.5 Å². The van der Waals surface area contributed by atoms with Gasteiger partial charge in [0.1, 0.15) is 17.4 Å². The molecule has 1 amide bonds. The molecule has 0 fully saturated rings. The number of carbonyl (C=O) groups excluding carboxylic acids is 1. The minimum Gasteiger partial charge on any atom is -0.443 e. The first-order valence-corrected chi connectivity index (χ1v) is 6.31. The number of hydrogen-bond donors (Lipinski definition) is 0. The third-order valence-corrected chi connectivity index (χ3v) is 2.76. The van der Waals surface area contributed by atoms with Crippen LogP contribution in [-0.2, 0) is 11.2 Å². The van der Waals surface area contributed by atoms with E-state index in [1.54, 1.807) is 17.0 Å². The molecule has 5 heteroatoms. The normalized spacial score (nSPS) is 14.5. The average Bonchev–Trinajstić information content (AvgIpc) is 2.35. The summed E-state index contributed by atoms with van der Waals surface area (Å²) in [7, 11) is 0. The lowest BCUT2D eigenvalue weighted by atomic mass is 10.1. The molecule has 0 radical (unpaired) electrons. The molecule has 5 nitrogen and oxygen atoms in total. The lowest BCUT2D eigenvalue weighted by Gasteiger charge is -2.31. The number of ether oxygens (including phenoxy) is 1. The Labute approximate surface area is 112 Å². The summed E-state index contributed by atoms with van der Waals surface area (Å²) in [6.45, 7) is 6.14. The highest BCUT2D eigenvalue weighted by Gasteiger charge is 2.27. The van der Waals surface area contributed by atoms with E-state index < -0.39 is 5.60 Å². The molecule has 0 aromatic carbocycles. The van der Waals surface area contributed by atoms with Gasteiger partial charge in [0.25, 0.3) is 0 Å². The van der Waals surface area contributed by atoms with Crippen molar-refractivity contribution in [3.05, 3.63) is 23.5 Å². The van der Waals surface area contributed by atoms with E-state index in [0.29, 0.717) is 12.2 Å². The zero-order valence-corrected chi connectivity index (χ0v) is 11.4. The Bertz CT molecular complexity index is 541. The third kappa shape index (κ3) is 3.02. The van der Waals surface area contributed by atoms with Gasteiger partial charge >= 0.3 is 6.09 Å². The van der Waals surface area contributed by atoms with Gasteiger partial charge < -0.3 is 4.74 Å². The predicted molar refractivity (Wildman–Crippen MR) is 70.9 cm³/mol. The van der Waals surface area contributed by atoms with E-state index in [1.807, 2.05) is 26.8 Å². The van der Waals surface area contributed by atoms with Crippen molar-refractivity contribution in [2.45, 2.75) is 39.2 Å². The van der Waals surface area contributed by atoms with Crippen LogP contribution in [0.3, 0.4) is 0 Å². The standard InChI is InChI=1S/C14H17N3O2/c1-14(2,3)19-13(18)17-8-4-5-11-12(17)7-6-10(9-15)16-11/h6-7H,4-5,8H2,1-3H3. The number of aromatic nitrogens is 1. The Balaban J connectivity index is 2.28. The van der Waals surface area contributed by atoms with Crippen LogP contribution in [-0.4, -0.2) is 23.2 Å². The van der Waals surface area contributed by atoms with Crippen LogP contribution >= 0.6 is 0 Å². The molecule has 0 bridgehead atoms. The average molecular weight is 259 g/mol. The molecular weight excluding hydrogens is 242 g/mol. The SMILES string of the molecule is CC(C)(C)OC(=O)N1CCCc2nc(C#N)ccc21. The lowest BCUT2D eigenvalue weighted by molar-refractivity contribution is 0.0577. The summed E-state index contributed by atoms with van der Waals surface area (Å²) in [5.41, 5.74) is 1.40. The molecule has 2 rings (SSSR count). The van der Waals surface area contributed by atoms with Gasteiger partial charge in [-0.3, -0.25) is 4.90 Å². The van der Waals surface area contributed by atoms with Crippen LogP contribution in [0.2, 0.25) is 0 Å². The largest absolute Gasteiger partial charge is 0.443 e. The fourth-order valence-corrected chi connectivity index (χ4v) is 2.02. The molecule has 1 aromatic rings. The fourth-order valence-electron chi connectivity index (χ4n) is 2.02. The summed E-state index contributed by atoms with van der Waals surface area (Å²) in [6, 6.07) is 5.41. The van der Waals surface area contributed by atoms with E-state index in [0.717, 1.165) is 24.2 Å². The topological polar surface area (TPSA) is 66.2 Å². The van der Waals surface area contributed by atoms with E-state index in [4.69, 9.17) is 10.00 Å². The second-order valence-corrected chi connectivity index (χ2v) is 5.51. The summed E-state index contributed by atoms with van der Waals surface area (Å²) in [5, 5.41) is 8.85. The minimum atomic E-state index is -0.519. The number of carbonyl (C=O) groups is 1. The van der Waals surface area contributed by atoms with Gasteiger partial charge in [0.2, 0.25) is 0 Å². The Morgan fingerprint density at radius 2 is 2.21 bits per heavy atom. The molecule has 0 atom stereocenters. The van der Waals surface area contributed by atoms with Crippen molar-refractivity contribution in [2.24, 2.45) is 0 Å². The maximum Gasteiger partial charge on any atom is 0.414 e. The van der Waals surface area contributed by atoms with Crippen LogP contribution in [0, 0.1) is 11.3 Å². The van der Waals surface area contributed by atoms with Gasteiger partial charge in [0, 0.05) is 6.54 Å². The fraction of sp³-hybridized carbons (Fsp3) is 0.500. The lowest BCUT2D eigenvalue weighted by Crippen LogP contribution is -2.40. The van der Waals surface area contributed by atoms with Crippen molar-refractivity contribution in [1.82, 2.24) is 4.98 Å². The number of pyridine rings is 1. The van der Waals surface area contributed by atoms with Gasteiger partial charge in [-0.25, -0.2) is 9.78 Å². The van der Waals surface area contributed by atoms with E-state index in [1.165, 1.54) is 0 Å². The second kappa shape index (κ2) is 4.88. The molecule has 100 valence electrons. The van der Waals surface area contributed by atoms with Gasteiger partial charge in [-0.05, 0) is 45.7 Å². The molecule has 1 aliphatic rings. The van der Waals surface area contributed by atoms with Gasteiger partial charge in [-0.1, -0.05) is 0 Å². The van der Waals surface area contributed by atoms with Crippen LogP contribution in [0.1, 0.15) is 38.6 Å². The summed E-state index contributed by atoms with van der Waals surface area (Å²) < 4.78 is 5.38. The Morgan fingerprint density at radius 3 is 2.84 bits per heavy atom. The summed E-state index contributed by atoms with van der Waals surface area (Å²) >= 11 is 0. The zero-order chi connectivity index (χ0) is 14.0. The van der Waals surface area contributed by atoms with E-state index in [2.05, 4.69) is 4.98 Å². The van der Waals surface area contributed by atoms with Crippen LogP contribution < -0.4 is 4.90 Å². The first-order chi connectivity index (χ1) is 8.90. The van der Waals surface area contributed by atoms with E-state index >= 15 is 0 Å². The number of aryl methyl sites for hydroxylation is 1. The zero-order valence-electron chi connectivity index (χ0n) is 11.4. The summed E-state index contributed by atoms with van der Waals surface area (Å²) in [4.78, 5) is 18.0. The second-order valence-electron chi connectivity index (χ2n) is 5.51. The van der Waals surface area contributed by atoms with Gasteiger partial charge in [-0.2, -0.15) is 5.26 Å². The molecule has 1 aromatic heterocycles. The highest BCUT2D eigenvalue weighted by Crippen LogP contribution is 2.27. The molecule has 0 aliphatic carbocycles. The van der Waals surface area contributed by atoms with Gasteiger partial charge in [0.05, 0.1) is 11.4 Å². The van der Waals surface area contributed by atoms with E-state index in [9.17, 15) is 4.79 Å². The van der Waals surface area contributed by atoms with Crippen molar-refractivity contribution in [2.75, 3.05) is 11.4 Å². The minimum absolute atomic E-state index is 0.361. The third-order valence-electron chi connectivity index (χ3n) is 2.76. The quantitative estimate of drug-likeness (QED) is 0.718. The number of fused-ring (bicyclic) bond motifs is 1. The number of nitrogens with zero attached hydrogens (tertiary/aromatic N) is 3. The molecule has 19 heavy (non-hydrogen) atoms. The van der Waals surface area contributed by atoms with Crippen LogP contribution in [0.5, 0.6) is 0 Å². The predicted octanol–water partition coefficient (Wildman–Crippen LogP) is 2.64. The molecule has 0 saturated carbocycles. The van der Waals surface area contributed by atoms with Crippen LogP contribution in [0.25, 0.3) is 0 Å². The number of anilines is 1. The molecule has 0 saturated heterocycles. The molecule has 0 N–H and O–H groups in total.